The van der Waals surface area contributed by atoms with Crippen molar-refractivity contribution in [2.75, 3.05) is 13.7 Å². The predicted octanol–water partition coefficient (Wildman–Crippen LogP) is 11.1. The lowest BCUT2D eigenvalue weighted by atomic mass is 9.79. The molecule has 1 aliphatic carbocycles. The highest BCUT2D eigenvalue weighted by molar-refractivity contribution is 5.83. The molecule has 2 N–H and O–H groups in total. The maximum atomic E-state index is 12.0. The number of allylic oxidation sites excluding steroid dienone is 4. The molecule has 0 aromatic heterocycles. The number of alkyl halides is 1. The van der Waals surface area contributed by atoms with E-state index in [0.717, 1.165) is 48.3 Å². The summed E-state index contributed by atoms with van der Waals surface area (Å²) in [5.41, 5.74) is 3.92. The quantitative estimate of drug-likeness (QED) is 0.186. The summed E-state index contributed by atoms with van der Waals surface area (Å²) in [5.74, 6) is 1.53. The Morgan fingerprint density at radius 2 is 1.76 bits per heavy atom. The molecule has 0 spiro atoms. The van der Waals surface area contributed by atoms with E-state index >= 15 is 0 Å². The second-order valence-corrected chi connectivity index (χ2v) is 12.3. The van der Waals surface area contributed by atoms with Gasteiger partial charge in [-0.15, -0.1) is 0 Å². The fraction of sp³-hybridized carbons (Fsp3) is 0.615. The Bertz CT molecular complexity index is 1160. The summed E-state index contributed by atoms with van der Waals surface area (Å²) in [6.07, 6.45) is 16.9. The monoisotopic (exact) mass is 641 g/mol. The number of unbranched alkanes of at least 4 members (excludes halogenated alkanes) is 1. The molecule has 6 nitrogen and oxygen atoms in total. The maximum Gasteiger partial charge on any atom is 0.413 e. The van der Waals surface area contributed by atoms with Crippen molar-refractivity contribution in [1.29, 1.82) is 5.26 Å². The number of nitrogens with zero attached hydrogens (tertiary/aromatic N) is 3. The van der Waals surface area contributed by atoms with E-state index in [2.05, 4.69) is 37.1 Å². The fourth-order valence-electron chi connectivity index (χ4n) is 5.31. The molecule has 1 aromatic carbocycles. The zero-order chi connectivity index (χ0) is 35.7. The van der Waals surface area contributed by atoms with Crippen LogP contribution in [0.2, 0.25) is 0 Å². The van der Waals surface area contributed by atoms with Crippen molar-refractivity contribution in [3.05, 3.63) is 70.1 Å². The highest BCUT2D eigenvalue weighted by atomic mass is 19.1. The molecule has 0 aliphatic heterocycles. The lowest BCUT2D eigenvalue weighted by molar-refractivity contribution is 0.125. The van der Waals surface area contributed by atoms with Gasteiger partial charge in [-0.3, -0.25) is 9.29 Å². The molecule has 1 aliphatic rings. The highest BCUT2D eigenvalue weighted by Gasteiger charge is 2.27. The van der Waals surface area contributed by atoms with Gasteiger partial charge in [0, 0.05) is 18.3 Å². The van der Waals surface area contributed by atoms with Gasteiger partial charge in [-0.05, 0) is 115 Å². The average Bonchev–Trinajstić information content (AvgIpc) is 3.03. The molecule has 1 fully saturated rings. The van der Waals surface area contributed by atoms with Crippen LogP contribution in [0.15, 0.2) is 58.4 Å². The summed E-state index contributed by atoms with van der Waals surface area (Å²) in [7, 11) is 0.500. The average molecular weight is 642 g/mol. The van der Waals surface area contributed by atoms with E-state index in [4.69, 9.17) is 5.26 Å². The first-order valence-corrected chi connectivity index (χ1v) is 16.9. The first-order valence-electron chi connectivity index (χ1n) is 16.9. The number of carboxylic acid groups (broad SMARTS) is 1. The molecule has 2 unspecified atom stereocenters. The van der Waals surface area contributed by atoms with Crippen LogP contribution >= 0.6 is 0 Å². The van der Waals surface area contributed by atoms with Crippen LogP contribution in [-0.2, 0) is 0 Å². The van der Waals surface area contributed by atoms with E-state index in [-0.39, 0.29) is 0 Å². The molecule has 0 heterocycles. The van der Waals surface area contributed by atoms with Crippen LogP contribution in [0.3, 0.4) is 0 Å². The Hall–Kier alpha value is -3.24. The van der Waals surface area contributed by atoms with E-state index in [9.17, 15) is 19.4 Å². The van der Waals surface area contributed by atoms with Gasteiger partial charge in [0.1, 0.15) is 5.82 Å². The number of amides is 1. The molecular formula is C39H64FN3O3. The summed E-state index contributed by atoms with van der Waals surface area (Å²) >= 11 is 0. The topological polar surface area (TPSA) is 96.9 Å². The minimum Gasteiger partial charge on any atom is -0.465 e. The van der Waals surface area contributed by atoms with Crippen molar-refractivity contribution < 1.29 is 19.4 Å². The Labute approximate surface area is 280 Å². The van der Waals surface area contributed by atoms with Crippen LogP contribution in [0.25, 0.3) is 0 Å². The van der Waals surface area contributed by atoms with E-state index in [0.29, 0.717) is 25.5 Å². The number of benzene rings is 1. The van der Waals surface area contributed by atoms with Crippen LogP contribution < -0.4 is 0 Å². The third kappa shape index (κ3) is 18.7. The SMILES string of the molecule is C/C=C(\N=C/C(=C(C)CC)C(C)(C)O)N(CC1CCCC(CCCC)C1)C(=O)O.C/C=C\CC.CF.Cc1ccc(C#N)cc1C. The zero-order valence-corrected chi connectivity index (χ0v) is 30.8. The van der Waals surface area contributed by atoms with Crippen LogP contribution in [0.4, 0.5) is 9.18 Å². The predicted molar refractivity (Wildman–Crippen MR) is 194 cm³/mol. The first kappa shape index (κ1) is 44.9. The summed E-state index contributed by atoms with van der Waals surface area (Å²) in [6, 6.07) is 7.79. The molecule has 1 saturated carbocycles. The Morgan fingerprint density at radius 3 is 2.20 bits per heavy atom. The normalized spacial score (nSPS) is 17.0. The molecule has 46 heavy (non-hydrogen) atoms. The summed E-state index contributed by atoms with van der Waals surface area (Å²) in [6.45, 7) is 20.2. The largest absolute Gasteiger partial charge is 0.465 e. The number of halogens is 1. The van der Waals surface area contributed by atoms with Crippen molar-refractivity contribution in [2.45, 2.75) is 133 Å². The van der Waals surface area contributed by atoms with Gasteiger partial charge in [-0.25, -0.2) is 9.79 Å². The number of rotatable bonds is 11. The molecule has 0 saturated heterocycles. The third-order valence-corrected chi connectivity index (χ3v) is 8.15. The van der Waals surface area contributed by atoms with Gasteiger partial charge in [-0.1, -0.05) is 76.7 Å². The van der Waals surface area contributed by atoms with Crippen LogP contribution in [0.5, 0.6) is 0 Å². The molecule has 0 bridgehead atoms. The lowest BCUT2D eigenvalue weighted by Crippen LogP contribution is -2.35. The van der Waals surface area contributed by atoms with E-state index < -0.39 is 11.7 Å². The minimum atomic E-state index is -1.02. The highest BCUT2D eigenvalue weighted by Crippen LogP contribution is 2.33. The van der Waals surface area contributed by atoms with Crippen molar-refractivity contribution in [1.82, 2.24) is 4.90 Å². The smallest absolute Gasteiger partial charge is 0.413 e. The molecule has 1 amide bonds. The van der Waals surface area contributed by atoms with Gasteiger partial charge >= 0.3 is 6.09 Å². The molecule has 2 atom stereocenters. The van der Waals surface area contributed by atoms with Gasteiger partial charge in [0.2, 0.25) is 0 Å². The van der Waals surface area contributed by atoms with E-state index in [1.165, 1.54) is 48.1 Å². The molecular weight excluding hydrogens is 577 g/mol. The van der Waals surface area contributed by atoms with E-state index in [1.807, 2.05) is 59.7 Å². The van der Waals surface area contributed by atoms with Gasteiger partial charge in [0.25, 0.3) is 0 Å². The van der Waals surface area contributed by atoms with Gasteiger partial charge < -0.3 is 10.2 Å². The van der Waals surface area contributed by atoms with Crippen molar-refractivity contribution >= 4 is 12.3 Å². The maximum absolute atomic E-state index is 12.0. The summed E-state index contributed by atoms with van der Waals surface area (Å²) in [4.78, 5) is 17.9. The van der Waals surface area contributed by atoms with Crippen LogP contribution in [0.1, 0.15) is 130 Å². The number of carbonyl (C=O) groups is 1. The molecule has 0 radical (unpaired) electrons. The number of aliphatic hydroxyl groups is 1. The molecule has 2 rings (SSSR count). The lowest BCUT2D eigenvalue weighted by Gasteiger charge is -2.32. The Morgan fingerprint density at radius 1 is 1.13 bits per heavy atom. The second kappa shape index (κ2) is 25.9. The van der Waals surface area contributed by atoms with Crippen LogP contribution in [-0.4, -0.2) is 46.7 Å². The Kier molecular flexibility index (Phi) is 25.3. The molecule has 1 aromatic rings. The van der Waals surface area contributed by atoms with Gasteiger partial charge in [0.05, 0.1) is 24.4 Å². The number of aryl methyl sites for hydroxylation is 2. The molecule has 7 heteroatoms. The van der Waals surface area contributed by atoms with Crippen molar-refractivity contribution in [3.8, 4) is 6.07 Å². The number of hydrogen-bond acceptors (Lipinski definition) is 4. The van der Waals surface area contributed by atoms with E-state index in [1.54, 1.807) is 26.1 Å². The van der Waals surface area contributed by atoms with Gasteiger partial charge in [0.15, 0.2) is 0 Å². The zero-order valence-electron chi connectivity index (χ0n) is 30.8. The van der Waals surface area contributed by atoms with Gasteiger partial charge in [-0.2, -0.15) is 5.26 Å². The van der Waals surface area contributed by atoms with Crippen LogP contribution in [0, 0.1) is 37.0 Å². The summed E-state index contributed by atoms with van der Waals surface area (Å²) in [5, 5.41) is 28.8. The van der Waals surface area contributed by atoms with Crippen molar-refractivity contribution in [2.24, 2.45) is 16.8 Å². The number of aliphatic imine (C=N–C) groups is 1. The second-order valence-electron chi connectivity index (χ2n) is 12.3. The summed E-state index contributed by atoms with van der Waals surface area (Å²) < 4.78 is 9.50. The standard InChI is InChI=1S/C24H42N2O3.C9H9N.C5H10.CH3F/c1-7-10-12-19-13-11-14-20(15-19)17-26(23(27)28)22(9-3)25-16-21(18(4)8-2)24(5,6)29;1-7-3-4-9(6-10)5-8(7)2;1-3-5-4-2;1-2/h9,16,19-20,29H,7-8,10-15,17H2,1-6H3,(H,27,28);3-5H,1-2H3;3,5H,4H2,1-2H3;1H3/b21-18?,22-9+,25-16-;;5-3-;. The number of nitriles is 1. The van der Waals surface area contributed by atoms with Crippen molar-refractivity contribution in [3.63, 3.8) is 0 Å². The Balaban J connectivity index is 0. The first-order chi connectivity index (χ1) is 21.8. The number of hydrogen-bond donors (Lipinski definition) is 2. The third-order valence-electron chi connectivity index (χ3n) is 8.15. The minimum absolute atomic E-state index is 0.383. The molecule has 260 valence electrons. The fourth-order valence-corrected chi connectivity index (χ4v) is 5.31.